The van der Waals surface area contributed by atoms with Crippen molar-refractivity contribution in [1.82, 2.24) is 0 Å². The fraction of sp³-hybridized carbons (Fsp3) is 0.325. The Morgan fingerprint density at radius 3 is 1.93 bits per heavy atom. The molecule has 0 N–H and O–H groups in total. The summed E-state index contributed by atoms with van der Waals surface area (Å²) in [6, 6.07) is 17.2. The summed E-state index contributed by atoms with van der Waals surface area (Å²) in [7, 11) is 0. The van der Waals surface area contributed by atoms with Crippen LogP contribution in [0.1, 0.15) is 101 Å². The molecule has 4 aliphatic rings. The van der Waals surface area contributed by atoms with Gasteiger partial charge in [0.1, 0.15) is 0 Å². The molecule has 0 aliphatic heterocycles. The third-order valence-electron chi connectivity index (χ3n) is 10.6. The topological polar surface area (TPSA) is 0 Å². The van der Waals surface area contributed by atoms with E-state index in [1.807, 2.05) is 12.1 Å². The van der Waals surface area contributed by atoms with Crippen LogP contribution >= 0.6 is 0 Å². The number of rotatable bonds is 3. The Hall–Kier alpha value is -2.12. The van der Waals surface area contributed by atoms with Crippen molar-refractivity contribution in [3.8, 4) is 11.1 Å². The van der Waals surface area contributed by atoms with E-state index >= 15 is 0 Å². The minimum absolute atomic E-state index is 0. The third-order valence-corrected chi connectivity index (χ3v) is 19.4. The van der Waals surface area contributed by atoms with Gasteiger partial charge in [-0.25, -0.2) is 0 Å². The van der Waals surface area contributed by atoms with Crippen LogP contribution in [0.3, 0.4) is 0 Å². The smallest absolute Gasteiger partial charge is 1.00 e. The van der Waals surface area contributed by atoms with E-state index in [9.17, 15) is 4.39 Å². The van der Waals surface area contributed by atoms with Gasteiger partial charge in [0.2, 0.25) is 0 Å². The second kappa shape index (κ2) is 11.3. The molecule has 226 valence electrons. The first-order valence-electron chi connectivity index (χ1n) is 15.4. The summed E-state index contributed by atoms with van der Waals surface area (Å²) in [6.07, 6.45) is 5.90. The summed E-state index contributed by atoms with van der Waals surface area (Å²) in [6.45, 7) is 21.2. The van der Waals surface area contributed by atoms with Gasteiger partial charge in [0, 0.05) is 0 Å². The third kappa shape index (κ3) is 4.90. The molecule has 0 aromatic heterocycles. The van der Waals surface area contributed by atoms with Crippen LogP contribution in [-0.4, -0.2) is 3.71 Å². The molecule has 0 spiro atoms. The van der Waals surface area contributed by atoms with Crippen LogP contribution in [0.5, 0.6) is 0 Å². The summed E-state index contributed by atoms with van der Waals surface area (Å²) in [5, 5.41) is 0. The van der Waals surface area contributed by atoms with Crippen LogP contribution in [0.2, 0.25) is 0 Å². The molecule has 0 bridgehead atoms. The van der Waals surface area contributed by atoms with Crippen molar-refractivity contribution in [3.63, 3.8) is 0 Å². The summed E-state index contributed by atoms with van der Waals surface area (Å²) < 4.78 is 19.8. The van der Waals surface area contributed by atoms with E-state index in [0.717, 1.165) is 12.0 Å². The van der Waals surface area contributed by atoms with Crippen LogP contribution in [0.15, 0.2) is 78.4 Å². The average molecular weight is 703 g/mol. The minimum atomic E-state index is -2.58. The molecule has 1 atom stereocenters. The fourth-order valence-electron chi connectivity index (χ4n) is 8.54. The Labute approximate surface area is 283 Å². The molecule has 0 saturated carbocycles. The van der Waals surface area contributed by atoms with Gasteiger partial charge < -0.3 is 24.8 Å². The summed E-state index contributed by atoms with van der Waals surface area (Å²) in [4.78, 5) is 0. The van der Waals surface area contributed by atoms with Crippen molar-refractivity contribution in [2.45, 2.75) is 79.6 Å². The van der Waals surface area contributed by atoms with E-state index < -0.39 is 21.3 Å². The Morgan fingerprint density at radius 2 is 1.34 bits per heavy atom. The predicted octanol–water partition coefficient (Wildman–Crippen LogP) is 4.46. The standard InChI is InChI=1S/C25H25.C8H11.C7H5F.2ClH.Zr/c1-14-12-24(3,4)22-8-16-7-17-9-23-19(15(2)13-25(23,5)6)11-21(17)20(16)10-18(14)22;1-6-4-7(2)8(3)5-6;1-6-2-4-7(8)5-3-6;;;/h8-12H,7H2,1-6H3;4,6H,1-3H3;1-5H;2*1H;/q;;;;;+2/p-2. The first kappa shape index (κ1) is 33.3. The van der Waals surface area contributed by atoms with Gasteiger partial charge >= 0.3 is 260 Å². The summed E-state index contributed by atoms with van der Waals surface area (Å²) in [5.41, 5.74) is 18.6. The van der Waals surface area contributed by atoms with Gasteiger partial charge in [-0.1, -0.05) is 0 Å². The monoisotopic (exact) mass is 700 g/mol. The number of allylic oxidation sites excluding steroid dienone is 8. The van der Waals surface area contributed by atoms with Gasteiger partial charge in [0.25, 0.3) is 0 Å². The van der Waals surface area contributed by atoms with Crippen molar-refractivity contribution in [2.75, 3.05) is 0 Å². The zero-order valence-electron chi connectivity index (χ0n) is 27.3. The van der Waals surface area contributed by atoms with Crippen LogP contribution in [-0.2, 0) is 38.5 Å². The first-order chi connectivity index (χ1) is 19.8. The fourth-order valence-corrected chi connectivity index (χ4v) is 17.4. The molecule has 0 saturated heterocycles. The maximum absolute atomic E-state index is 13.9. The Bertz CT molecular complexity index is 1890. The average Bonchev–Trinajstić information content (AvgIpc) is 3.54. The number of fused-ring (bicyclic) bond motifs is 5. The SMILES string of the molecule is CC1=CC(C)[C]([Zr+2](=[CH]c2ccc(F)cc2)[C]2=C(C)c3cc4c(cc3C2(C)C)Cc2cc3c(cc2-4)C(C)=CC3(C)C)=C1C.[Cl-].[Cl-]. The van der Waals surface area contributed by atoms with E-state index in [1.54, 1.807) is 18.7 Å². The normalized spacial score (nSPS) is 20.0. The maximum Gasteiger partial charge on any atom is -1.00 e. The summed E-state index contributed by atoms with van der Waals surface area (Å²) in [5.74, 6) is 0.286. The van der Waals surface area contributed by atoms with E-state index in [4.69, 9.17) is 0 Å². The molecule has 4 aliphatic carbocycles. The van der Waals surface area contributed by atoms with Crippen molar-refractivity contribution in [1.29, 1.82) is 0 Å². The van der Waals surface area contributed by atoms with E-state index in [-0.39, 0.29) is 41.5 Å². The molecule has 1 unspecified atom stereocenters. The molecule has 7 rings (SSSR count). The van der Waals surface area contributed by atoms with Crippen LogP contribution in [0.4, 0.5) is 4.39 Å². The van der Waals surface area contributed by atoms with E-state index in [2.05, 4.69) is 102 Å². The molecule has 0 nitrogen and oxygen atoms in total. The molecule has 0 amide bonds. The number of hydrogen-bond donors (Lipinski definition) is 0. The van der Waals surface area contributed by atoms with Crippen molar-refractivity contribution >= 4 is 14.9 Å². The largest absolute Gasteiger partial charge is 1.00 e. The molecule has 3 aromatic carbocycles. The van der Waals surface area contributed by atoms with Crippen molar-refractivity contribution < 1.29 is 50.5 Å². The van der Waals surface area contributed by atoms with Gasteiger partial charge in [-0.2, -0.15) is 0 Å². The second-order valence-corrected chi connectivity index (χ2v) is 19.5. The quantitative estimate of drug-likeness (QED) is 0.296. The molecule has 4 heteroatoms. The molecule has 0 fully saturated rings. The van der Waals surface area contributed by atoms with Gasteiger partial charge in [0.15, 0.2) is 0 Å². The maximum atomic E-state index is 13.9. The Morgan fingerprint density at radius 1 is 0.750 bits per heavy atom. The second-order valence-electron chi connectivity index (χ2n) is 14.2. The number of hydrogen-bond acceptors (Lipinski definition) is 0. The van der Waals surface area contributed by atoms with Gasteiger partial charge in [-0.3, -0.25) is 0 Å². The van der Waals surface area contributed by atoms with E-state index in [1.165, 1.54) is 66.8 Å². The Balaban J connectivity index is 0.00000192. The number of halogens is 3. The van der Waals surface area contributed by atoms with Crippen LogP contribution in [0, 0.1) is 11.7 Å². The van der Waals surface area contributed by atoms with Gasteiger partial charge in [0.05, 0.1) is 0 Å². The predicted molar refractivity (Wildman–Crippen MR) is 174 cm³/mol. The molecular formula is C40H41Cl2FZr. The van der Waals surface area contributed by atoms with Crippen LogP contribution < -0.4 is 24.8 Å². The Kier molecular flexibility index (Phi) is 8.53. The molecule has 0 radical (unpaired) electrons. The zero-order valence-corrected chi connectivity index (χ0v) is 31.2. The molecule has 0 heterocycles. The van der Waals surface area contributed by atoms with Crippen LogP contribution in [0.25, 0.3) is 22.3 Å². The number of benzene rings is 3. The van der Waals surface area contributed by atoms with Gasteiger partial charge in [-0.05, 0) is 0 Å². The molecule has 44 heavy (non-hydrogen) atoms. The first-order valence-corrected chi connectivity index (χ1v) is 19.3. The summed E-state index contributed by atoms with van der Waals surface area (Å²) >= 11 is -2.58. The molecular weight excluding hydrogens is 662 g/mol. The van der Waals surface area contributed by atoms with E-state index in [0.29, 0.717) is 5.92 Å². The minimum Gasteiger partial charge on any atom is -1.00 e. The van der Waals surface area contributed by atoms with Crippen molar-refractivity contribution in [3.05, 3.63) is 123 Å². The molecule has 3 aromatic rings. The van der Waals surface area contributed by atoms with Crippen molar-refractivity contribution in [2.24, 2.45) is 5.92 Å². The van der Waals surface area contributed by atoms with Gasteiger partial charge in [-0.15, -0.1) is 0 Å². The zero-order chi connectivity index (χ0) is 29.9.